The van der Waals surface area contributed by atoms with Gasteiger partial charge in [-0.05, 0) is 39.2 Å². The van der Waals surface area contributed by atoms with E-state index < -0.39 is 0 Å². The van der Waals surface area contributed by atoms with E-state index in [1.807, 2.05) is 0 Å². The Morgan fingerprint density at radius 2 is 1.50 bits per heavy atom. The maximum atomic E-state index is 9.93. The third-order valence-electron chi connectivity index (χ3n) is 4.84. The molecule has 2 atom stereocenters. The number of aliphatic hydroxyl groups excluding tert-OH is 2. The molecular weight excluding hydrogens is 276 g/mol. The second kappa shape index (κ2) is 12.3. The van der Waals surface area contributed by atoms with E-state index in [1.165, 1.54) is 19.3 Å². The molecule has 5 N–H and O–H groups in total. The Hall–Kier alpha value is -0.160. The minimum Gasteiger partial charge on any atom is -0.394 e. The van der Waals surface area contributed by atoms with Gasteiger partial charge >= 0.3 is 0 Å². The van der Waals surface area contributed by atoms with E-state index in [0.717, 1.165) is 51.5 Å². The van der Waals surface area contributed by atoms with Crippen LogP contribution in [-0.4, -0.2) is 41.0 Å². The average Bonchev–Trinajstić information content (AvgIpc) is 2.54. The fraction of sp³-hybridized carbons (Fsp3) is 1.00. The first kappa shape index (κ1) is 21.8. The lowest BCUT2D eigenvalue weighted by molar-refractivity contribution is 0.0695. The standard InChI is InChI=1S/C18H40N2O2/c1-4-6-7-9-12-17(3,15-21)20-18(5-2,16-22)13-10-8-11-14-19/h20-22H,4-16,19H2,1-3H3. The van der Waals surface area contributed by atoms with E-state index in [0.29, 0.717) is 0 Å². The first-order valence-corrected chi connectivity index (χ1v) is 9.22. The average molecular weight is 317 g/mol. The van der Waals surface area contributed by atoms with Gasteiger partial charge in [-0.2, -0.15) is 0 Å². The van der Waals surface area contributed by atoms with Crippen LogP contribution in [0.1, 0.15) is 85.0 Å². The molecule has 0 aliphatic rings. The van der Waals surface area contributed by atoms with Crippen LogP contribution in [0, 0.1) is 0 Å². The second-order valence-electron chi connectivity index (χ2n) is 7.05. The lowest BCUT2D eigenvalue weighted by Crippen LogP contribution is -2.60. The molecule has 134 valence electrons. The lowest BCUT2D eigenvalue weighted by atomic mass is 9.84. The van der Waals surface area contributed by atoms with E-state index in [1.54, 1.807) is 0 Å². The molecule has 0 bridgehead atoms. The van der Waals surface area contributed by atoms with Gasteiger partial charge in [0.25, 0.3) is 0 Å². The van der Waals surface area contributed by atoms with E-state index in [2.05, 4.69) is 26.1 Å². The molecule has 0 aromatic rings. The van der Waals surface area contributed by atoms with Crippen LogP contribution in [0.15, 0.2) is 0 Å². The number of hydrogen-bond donors (Lipinski definition) is 4. The van der Waals surface area contributed by atoms with Crippen LogP contribution in [0.5, 0.6) is 0 Å². The molecule has 0 aromatic heterocycles. The van der Waals surface area contributed by atoms with Gasteiger partial charge in [0.1, 0.15) is 0 Å². The molecule has 4 nitrogen and oxygen atoms in total. The van der Waals surface area contributed by atoms with Crippen molar-refractivity contribution < 1.29 is 10.2 Å². The van der Waals surface area contributed by atoms with Crippen molar-refractivity contribution in [3.8, 4) is 0 Å². The summed E-state index contributed by atoms with van der Waals surface area (Å²) in [6.45, 7) is 7.37. The van der Waals surface area contributed by atoms with Crippen molar-refractivity contribution in [1.29, 1.82) is 0 Å². The second-order valence-corrected chi connectivity index (χ2v) is 7.05. The van der Waals surface area contributed by atoms with Gasteiger partial charge < -0.3 is 21.3 Å². The van der Waals surface area contributed by atoms with Gasteiger partial charge in [0.15, 0.2) is 0 Å². The zero-order valence-electron chi connectivity index (χ0n) is 15.2. The summed E-state index contributed by atoms with van der Waals surface area (Å²) in [5.74, 6) is 0. The third kappa shape index (κ3) is 8.47. The molecule has 0 aliphatic heterocycles. The smallest absolute Gasteiger partial charge is 0.0613 e. The number of unbranched alkanes of at least 4 members (excludes halogenated alkanes) is 5. The van der Waals surface area contributed by atoms with Crippen molar-refractivity contribution in [2.24, 2.45) is 5.73 Å². The highest BCUT2D eigenvalue weighted by atomic mass is 16.3. The Morgan fingerprint density at radius 1 is 0.864 bits per heavy atom. The molecule has 0 radical (unpaired) electrons. The number of nitrogens with two attached hydrogens (primary N) is 1. The highest BCUT2D eigenvalue weighted by molar-refractivity contribution is 4.95. The summed E-state index contributed by atoms with van der Waals surface area (Å²) in [5.41, 5.74) is 4.96. The molecule has 0 spiro atoms. The van der Waals surface area contributed by atoms with Crippen LogP contribution >= 0.6 is 0 Å². The number of hydrogen-bond acceptors (Lipinski definition) is 4. The van der Waals surface area contributed by atoms with Crippen molar-refractivity contribution in [1.82, 2.24) is 5.32 Å². The number of rotatable bonds is 15. The van der Waals surface area contributed by atoms with E-state index in [4.69, 9.17) is 5.73 Å². The third-order valence-corrected chi connectivity index (χ3v) is 4.84. The van der Waals surface area contributed by atoms with Gasteiger partial charge in [0.05, 0.1) is 13.2 Å². The van der Waals surface area contributed by atoms with Gasteiger partial charge in [0.2, 0.25) is 0 Å². The molecule has 0 heterocycles. The Bertz CT molecular complexity index is 257. The summed E-state index contributed by atoms with van der Waals surface area (Å²) in [4.78, 5) is 0. The normalized spacial score (nSPS) is 17.2. The molecular formula is C18H40N2O2. The summed E-state index contributed by atoms with van der Waals surface area (Å²) in [5, 5.41) is 23.4. The minimum absolute atomic E-state index is 0.115. The minimum atomic E-state index is -0.305. The van der Waals surface area contributed by atoms with Crippen molar-refractivity contribution in [3.05, 3.63) is 0 Å². The Morgan fingerprint density at radius 3 is 2.00 bits per heavy atom. The van der Waals surface area contributed by atoms with Gasteiger partial charge in [0, 0.05) is 11.1 Å². The monoisotopic (exact) mass is 316 g/mol. The summed E-state index contributed by atoms with van der Waals surface area (Å²) < 4.78 is 0. The molecule has 4 heteroatoms. The molecule has 0 amide bonds. The number of nitrogens with one attached hydrogen (secondary N) is 1. The quantitative estimate of drug-likeness (QED) is 0.350. The Balaban J connectivity index is 4.56. The van der Waals surface area contributed by atoms with Gasteiger partial charge in [-0.25, -0.2) is 0 Å². The maximum Gasteiger partial charge on any atom is 0.0613 e. The van der Waals surface area contributed by atoms with Crippen LogP contribution in [0.4, 0.5) is 0 Å². The molecule has 0 saturated heterocycles. The first-order chi connectivity index (χ1) is 10.5. The molecule has 0 rings (SSSR count). The van der Waals surface area contributed by atoms with Crippen molar-refractivity contribution in [3.63, 3.8) is 0 Å². The van der Waals surface area contributed by atoms with Gasteiger partial charge in [-0.1, -0.05) is 52.4 Å². The van der Waals surface area contributed by atoms with Crippen LogP contribution in [-0.2, 0) is 0 Å². The summed E-state index contributed by atoms with van der Waals surface area (Å²) in [7, 11) is 0. The highest BCUT2D eigenvalue weighted by Gasteiger charge is 2.35. The topological polar surface area (TPSA) is 78.5 Å². The fourth-order valence-corrected chi connectivity index (χ4v) is 3.11. The molecule has 0 aromatic carbocycles. The van der Waals surface area contributed by atoms with E-state index in [9.17, 15) is 10.2 Å². The van der Waals surface area contributed by atoms with Crippen molar-refractivity contribution >= 4 is 0 Å². The Labute approximate surface area is 137 Å². The highest BCUT2D eigenvalue weighted by Crippen LogP contribution is 2.25. The van der Waals surface area contributed by atoms with Crippen LogP contribution in [0.3, 0.4) is 0 Å². The molecule has 22 heavy (non-hydrogen) atoms. The summed E-state index contributed by atoms with van der Waals surface area (Å²) in [6, 6.07) is 0. The molecule has 0 aliphatic carbocycles. The Kier molecular flexibility index (Phi) is 12.2. The molecule has 0 fully saturated rings. The van der Waals surface area contributed by atoms with Crippen LogP contribution in [0.25, 0.3) is 0 Å². The first-order valence-electron chi connectivity index (χ1n) is 9.22. The van der Waals surface area contributed by atoms with Crippen LogP contribution < -0.4 is 11.1 Å². The van der Waals surface area contributed by atoms with Crippen molar-refractivity contribution in [2.45, 2.75) is 96.1 Å². The summed E-state index contributed by atoms with van der Waals surface area (Å²) >= 11 is 0. The zero-order valence-corrected chi connectivity index (χ0v) is 15.2. The van der Waals surface area contributed by atoms with Crippen molar-refractivity contribution in [2.75, 3.05) is 19.8 Å². The lowest BCUT2D eigenvalue weighted by Gasteiger charge is -2.42. The molecule has 2 unspecified atom stereocenters. The zero-order chi connectivity index (χ0) is 16.9. The predicted octanol–water partition coefficient (Wildman–Crippen LogP) is 2.96. The van der Waals surface area contributed by atoms with Gasteiger partial charge in [-0.3, -0.25) is 0 Å². The largest absolute Gasteiger partial charge is 0.394 e. The molecule has 0 saturated carbocycles. The predicted molar refractivity (Wildman–Crippen MR) is 95.0 cm³/mol. The van der Waals surface area contributed by atoms with E-state index >= 15 is 0 Å². The SMILES string of the molecule is CCCCCCC(C)(CO)NC(CC)(CO)CCCCCN. The van der Waals surface area contributed by atoms with Crippen LogP contribution in [0.2, 0.25) is 0 Å². The summed E-state index contributed by atoms with van der Waals surface area (Å²) in [6.07, 6.45) is 10.8. The maximum absolute atomic E-state index is 9.93. The van der Waals surface area contributed by atoms with Gasteiger partial charge in [-0.15, -0.1) is 0 Å². The van der Waals surface area contributed by atoms with E-state index in [-0.39, 0.29) is 24.3 Å². The fourth-order valence-electron chi connectivity index (χ4n) is 3.11. The number of aliphatic hydroxyl groups is 2.